The van der Waals surface area contributed by atoms with Crippen molar-refractivity contribution in [1.82, 2.24) is 10.2 Å². The quantitative estimate of drug-likeness (QED) is 0.687. The standard InChI is InChI=1S/C17H12N2O4/c20-16(21)13-7-12(8-14(9-13)17(22)23)10-1-3-11(4-2-10)15-5-6-18-19-15/h1-9H,(H,18,19)(H,20,21)(H,22,23). The van der Waals surface area contributed by atoms with Gasteiger partial charge >= 0.3 is 11.9 Å². The van der Waals surface area contributed by atoms with Crippen molar-refractivity contribution in [3.8, 4) is 22.4 Å². The van der Waals surface area contributed by atoms with Crippen LogP contribution < -0.4 is 0 Å². The largest absolute Gasteiger partial charge is 0.478 e. The number of nitrogens with one attached hydrogen (secondary N) is 1. The van der Waals surface area contributed by atoms with Gasteiger partial charge < -0.3 is 10.2 Å². The lowest BCUT2D eigenvalue weighted by atomic mass is 9.98. The van der Waals surface area contributed by atoms with Gasteiger partial charge in [0.05, 0.1) is 16.8 Å². The summed E-state index contributed by atoms with van der Waals surface area (Å²) in [4.78, 5) is 22.3. The van der Waals surface area contributed by atoms with E-state index >= 15 is 0 Å². The Morgan fingerprint density at radius 3 is 1.83 bits per heavy atom. The van der Waals surface area contributed by atoms with Crippen LogP contribution in [-0.2, 0) is 0 Å². The molecule has 0 unspecified atom stereocenters. The normalized spacial score (nSPS) is 10.4. The number of H-pyrrole nitrogens is 1. The van der Waals surface area contributed by atoms with Crippen LogP contribution >= 0.6 is 0 Å². The highest BCUT2D eigenvalue weighted by Gasteiger charge is 2.12. The second kappa shape index (κ2) is 5.76. The van der Waals surface area contributed by atoms with Gasteiger partial charge in [-0.15, -0.1) is 0 Å². The highest BCUT2D eigenvalue weighted by atomic mass is 16.4. The van der Waals surface area contributed by atoms with Crippen molar-refractivity contribution in [2.24, 2.45) is 0 Å². The molecule has 23 heavy (non-hydrogen) atoms. The van der Waals surface area contributed by atoms with E-state index in [0.717, 1.165) is 22.9 Å². The zero-order valence-corrected chi connectivity index (χ0v) is 11.9. The number of aromatic carboxylic acids is 2. The van der Waals surface area contributed by atoms with E-state index < -0.39 is 11.9 Å². The van der Waals surface area contributed by atoms with E-state index in [9.17, 15) is 9.59 Å². The molecule has 0 saturated carbocycles. The van der Waals surface area contributed by atoms with Gasteiger partial charge in [0.1, 0.15) is 0 Å². The minimum absolute atomic E-state index is 0.0578. The molecule has 114 valence electrons. The van der Waals surface area contributed by atoms with Gasteiger partial charge in [-0.3, -0.25) is 5.10 Å². The minimum Gasteiger partial charge on any atom is -0.478 e. The van der Waals surface area contributed by atoms with E-state index in [-0.39, 0.29) is 11.1 Å². The number of carboxylic acid groups (broad SMARTS) is 2. The van der Waals surface area contributed by atoms with Crippen molar-refractivity contribution in [1.29, 1.82) is 0 Å². The number of aromatic nitrogens is 2. The van der Waals surface area contributed by atoms with E-state index in [1.807, 2.05) is 30.3 Å². The van der Waals surface area contributed by atoms with Gasteiger partial charge in [0.25, 0.3) is 0 Å². The predicted molar refractivity (Wildman–Crippen MR) is 83.4 cm³/mol. The zero-order chi connectivity index (χ0) is 16.4. The lowest BCUT2D eigenvalue weighted by Crippen LogP contribution is -2.03. The van der Waals surface area contributed by atoms with Crippen LogP contribution in [0.25, 0.3) is 22.4 Å². The first-order valence-electron chi connectivity index (χ1n) is 6.76. The molecule has 0 atom stereocenters. The molecule has 0 amide bonds. The van der Waals surface area contributed by atoms with Crippen LogP contribution in [0.5, 0.6) is 0 Å². The van der Waals surface area contributed by atoms with Crippen LogP contribution in [0.4, 0.5) is 0 Å². The van der Waals surface area contributed by atoms with Crippen molar-refractivity contribution >= 4 is 11.9 Å². The number of aromatic amines is 1. The predicted octanol–water partition coefficient (Wildman–Crippen LogP) is 3.14. The van der Waals surface area contributed by atoms with Gasteiger partial charge in [-0.05, 0) is 41.0 Å². The van der Waals surface area contributed by atoms with Crippen LogP contribution in [0.3, 0.4) is 0 Å². The molecule has 3 aromatic rings. The Balaban J connectivity index is 2.04. The van der Waals surface area contributed by atoms with Crippen LogP contribution in [0.15, 0.2) is 54.7 Å². The lowest BCUT2D eigenvalue weighted by Gasteiger charge is -2.07. The summed E-state index contributed by atoms with van der Waals surface area (Å²) in [6, 6.07) is 13.2. The molecule has 0 radical (unpaired) electrons. The molecule has 0 aliphatic heterocycles. The Morgan fingerprint density at radius 1 is 0.783 bits per heavy atom. The summed E-state index contributed by atoms with van der Waals surface area (Å²) >= 11 is 0. The molecule has 0 spiro atoms. The van der Waals surface area contributed by atoms with Gasteiger partial charge in [0.2, 0.25) is 0 Å². The summed E-state index contributed by atoms with van der Waals surface area (Å²) in [7, 11) is 0. The van der Waals surface area contributed by atoms with Crippen LogP contribution in [0.1, 0.15) is 20.7 Å². The Morgan fingerprint density at radius 2 is 1.35 bits per heavy atom. The van der Waals surface area contributed by atoms with Crippen LogP contribution in [-0.4, -0.2) is 32.3 Å². The zero-order valence-electron chi connectivity index (χ0n) is 11.9. The van der Waals surface area contributed by atoms with Gasteiger partial charge in [0, 0.05) is 6.20 Å². The highest BCUT2D eigenvalue weighted by molar-refractivity contribution is 5.96. The molecule has 0 saturated heterocycles. The van der Waals surface area contributed by atoms with Gasteiger partial charge in [-0.25, -0.2) is 9.59 Å². The summed E-state index contributed by atoms with van der Waals surface area (Å²) < 4.78 is 0. The topological polar surface area (TPSA) is 103 Å². The minimum atomic E-state index is -1.16. The van der Waals surface area contributed by atoms with E-state index in [1.165, 1.54) is 12.1 Å². The maximum Gasteiger partial charge on any atom is 0.335 e. The van der Waals surface area contributed by atoms with Crippen LogP contribution in [0, 0.1) is 0 Å². The van der Waals surface area contributed by atoms with Crippen molar-refractivity contribution in [3.63, 3.8) is 0 Å². The van der Waals surface area contributed by atoms with Crippen molar-refractivity contribution < 1.29 is 19.8 Å². The molecule has 0 aliphatic rings. The van der Waals surface area contributed by atoms with Gasteiger partial charge in [-0.2, -0.15) is 5.10 Å². The summed E-state index contributed by atoms with van der Waals surface area (Å²) in [6.45, 7) is 0. The molecule has 3 rings (SSSR count). The number of hydrogen-bond acceptors (Lipinski definition) is 3. The highest BCUT2D eigenvalue weighted by Crippen LogP contribution is 2.26. The molecule has 1 heterocycles. The fraction of sp³-hybridized carbons (Fsp3) is 0. The number of benzene rings is 2. The third-order valence-electron chi connectivity index (χ3n) is 3.46. The summed E-state index contributed by atoms with van der Waals surface area (Å²) in [6.07, 6.45) is 1.65. The first-order chi connectivity index (χ1) is 11.0. The van der Waals surface area contributed by atoms with Gasteiger partial charge in [-0.1, -0.05) is 24.3 Å². The first-order valence-corrected chi connectivity index (χ1v) is 6.76. The fourth-order valence-corrected chi connectivity index (χ4v) is 2.30. The average molecular weight is 308 g/mol. The SMILES string of the molecule is O=C(O)c1cc(C(=O)O)cc(-c2ccc(-c3ccn[nH]3)cc2)c1. The molecule has 6 nitrogen and oxygen atoms in total. The van der Waals surface area contributed by atoms with E-state index in [2.05, 4.69) is 10.2 Å². The third-order valence-corrected chi connectivity index (χ3v) is 3.46. The van der Waals surface area contributed by atoms with Gasteiger partial charge in [0.15, 0.2) is 0 Å². The molecule has 6 heteroatoms. The lowest BCUT2D eigenvalue weighted by molar-refractivity contribution is 0.0696. The number of hydrogen-bond donors (Lipinski definition) is 3. The molecule has 2 aromatic carbocycles. The van der Waals surface area contributed by atoms with E-state index in [4.69, 9.17) is 10.2 Å². The number of carbonyl (C=O) groups is 2. The molecule has 0 bridgehead atoms. The van der Waals surface area contributed by atoms with E-state index in [1.54, 1.807) is 6.20 Å². The smallest absolute Gasteiger partial charge is 0.335 e. The Hall–Kier alpha value is -3.41. The molecular formula is C17H12N2O4. The second-order valence-electron chi connectivity index (χ2n) is 4.96. The second-order valence-corrected chi connectivity index (χ2v) is 4.96. The molecular weight excluding hydrogens is 296 g/mol. The third kappa shape index (κ3) is 2.96. The molecule has 1 aromatic heterocycles. The first kappa shape index (κ1) is 14.5. The Labute approximate surface area is 131 Å². The summed E-state index contributed by atoms with van der Waals surface area (Å²) in [5.74, 6) is -2.33. The maximum absolute atomic E-state index is 11.2. The average Bonchev–Trinajstić information content (AvgIpc) is 3.09. The Kier molecular flexibility index (Phi) is 3.64. The Bertz CT molecular complexity index is 836. The fourth-order valence-electron chi connectivity index (χ4n) is 2.30. The van der Waals surface area contributed by atoms with Crippen LogP contribution in [0.2, 0.25) is 0 Å². The van der Waals surface area contributed by atoms with Crippen molar-refractivity contribution in [3.05, 3.63) is 65.9 Å². The molecule has 0 aliphatic carbocycles. The molecule has 3 N–H and O–H groups in total. The van der Waals surface area contributed by atoms with Crippen molar-refractivity contribution in [2.45, 2.75) is 0 Å². The molecule has 0 fully saturated rings. The maximum atomic E-state index is 11.2. The number of carboxylic acids is 2. The van der Waals surface area contributed by atoms with E-state index in [0.29, 0.717) is 5.56 Å². The summed E-state index contributed by atoms with van der Waals surface area (Å²) in [5, 5.41) is 25.0. The summed E-state index contributed by atoms with van der Waals surface area (Å²) in [5.41, 5.74) is 2.95. The number of rotatable bonds is 4. The monoisotopic (exact) mass is 308 g/mol. The van der Waals surface area contributed by atoms with Crippen molar-refractivity contribution in [2.75, 3.05) is 0 Å². The number of nitrogens with zero attached hydrogens (tertiary/aromatic N) is 1.